The van der Waals surface area contributed by atoms with E-state index in [9.17, 15) is 13.2 Å². The molecule has 0 aliphatic carbocycles. The summed E-state index contributed by atoms with van der Waals surface area (Å²) in [6.45, 7) is 7.34. The highest BCUT2D eigenvalue weighted by Crippen LogP contribution is 2.21. The third-order valence-corrected chi connectivity index (χ3v) is 5.08. The first kappa shape index (κ1) is 16.4. The van der Waals surface area contributed by atoms with Crippen molar-refractivity contribution in [3.63, 3.8) is 0 Å². The van der Waals surface area contributed by atoms with Crippen LogP contribution in [-0.2, 0) is 14.8 Å². The molecule has 0 saturated carbocycles. The standard InChI is InChI=1S/C12H25N3O3S/c1-12(2,3)5-8-19(17,18)15-7-6-14-9-10(15)11(16)13-4/h10,14H,5-9H2,1-4H3,(H,13,16). The molecule has 2 N–H and O–H groups in total. The second-order valence-electron chi connectivity index (χ2n) is 6.07. The lowest BCUT2D eigenvalue weighted by Crippen LogP contribution is -2.59. The van der Waals surface area contributed by atoms with Gasteiger partial charge in [0, 0.05) is 26.7 Å². The number of rotatable bonds is 4. The van der Waals surface area contributed by atoms with Gasteiger partial charge in [-0.3, -0.25) is 4.79 Å². The Morgan fingerprint density at radius 2 is 2.05 bits per heavy atom. The van der Waals surface area contributed by atoms with Crippen LogP contribution in [0, 0.1) is 5.41 Å². The maximum Gasteiger partial charge on any atom is 0.239 e. The van der Waals surface area contributed by atoms with E-state index in [0.717, 1.165) is 0 Å². The van der Waals surface area contributed by atoms with Crippen LogP contribution in [0.4, 0.5) is 0 Å². The lowest BCUT2D eigenvalue weighted by Gasteiger charge is -2.34. The van der Waals surface area contributed by atoms with Crippen molar-refractivity contribution in [2.24, 2.45) is 5.41 Å². The van der Waals surface area contributed by atoms with Crippen molar-refractivity contribution >= 4 is 15.9 Å². The van der Waals surface area contributed by atoms with Gasteiger partial charge in [-0.2, -0.15) is 4.31 Å². The quantitative estimate of drug-likeness (QED) is 0.750. The number of piperazine rings is 1. The number of nitrogens with one attached hydrogen (secondary N) is 2. The number of sulfonamides is 1. The second kappa shape index (κ2) is 6.19. The van der Waals surface area contributed by atoms with Crippen molar-refractivity contribution in [2.75, 3.05) is 32.4 Å². The summed E-state index contributed by atoms with van der Waals surface area (Å²) in [5.74, 6) is -0.171. The fourth-order valence-corrected chi connectivity index (χ4v) is 3.99. The van der Waals surface area contributed by atoms with Crippen molar-refractivity contribution in [1.82, 2.24) is 14.9 Å². The van der Waals surface area contributed by atoms with Crippen LogP contribution < -0.4 is 10.6 Å². The Kier molecular flexibility index (Phi) is 5.34. The van der Waals surface area contributed by atoms with Crippen molar-refractivity contribution < 1.29 is 13.2 Å². The zero-order chi connectivity index (χ0) is 14.7. The molecule has 1 amide bonds. The van der Waals surface area contributed by atoms with Crippen LogP contribution in [0.25, 0.3) is 0 Å². The van der Waals surface area contributed by atoms with Crippen LogP contribution in [0.1, 0.15) is 27.2 Å². The SMILES string of the molecule is CNC(=O)C1CNCCN1S(=O)(=O)CCC(C)(C)C. The predicted octanol–water partition coefficient (Wildman–Crippen LogP) is -0.228. The summed E-state index contributed by atoms with van der Waals surface area (Å²) in [4.78, 5) is 11.8. The Morgan fingerprint density at radius 3 is 2.58 bits per heavy atom. The topological polar surface area (TPSA) is 78.5 Å². The number of carbonyl (C=O) groups is 1. The Morgan fingerprint density at radius 1 is 1.42 bits per heavy atom. The van der Waals surface area contributed by atoms with Gasteiger partial charge in [0.15, 0.2) is 0 Å². The summed E-state index contributed by atoms with van der Waals surface area (Å²) in [5.41, 5.74) is -0.0381. The molecule has 19 heavy (non-hydrogen) atoms. The van der Waals surface area contributed by atoms with E-state index < -0.39 is 16.1 Å². The number of likely N-dealkylation sites (N-methyl/N-ethyl adjacent to an activating group) is 1. The minimum atomic E-state index is -3.39. The average Bonchev–Trinajstić information content (AvgIpc) is 2.35. The van der Waals surface area contributed by atoms with Gasteiger partial charge in [0.1, 0.15) is 6.04 Å². The van der Waals surface area contributed by atoms with Crippen molar-refractivity contribution in [2.45, 2.75) is 33.2 Å². The first-order valence-electron chi connectivity index (χ1n) is 6.59. The molecule has 0 aromatic rings. The highest BCUT2D eigenvalue weighted by molar-refractivity contribution is 7.89. The van der Waals surface area contributed by atoms with Crippen LogP contribution >= 0.6 is 0 Å². The maximum absolute atomic E-state index is 12.4. The number of hydrogen-bond donors (Lipinski definition) is 2. The smallest absolute Gasteiger partial charge is 0.239 e. The molecule has 1 heterocycles. The number of carbonyl (C=O) groups excluding carboxylic acids is 1. The van der Waals surface area contributed by atoms with E-state index in [0.29, 0.717) is 26.1 Å². The Hall–Kier alpha value is -0.660. The summed E-state index contributed by atoms with van der Waals surface area (Å²) < 4.78 is 26.1. The van der Waals surface area contributed by atoms with Gasteiger partial charge in [-0.05, 0) is 11.8 Å². The van der Waals surface area contributed by atoms with Crippen molar-refractivity contribution in [3.8, 4) is 0 Å². The lowest BCUT2D eigenvalue weighted by molar-refractivity contribution is -0.124. The molecule has 0 aromatic heterocycles. The molecular weight excluding hydrogens is 266 g/mol. The monoisotopic (exact) mass is 291 g/mol. The number of nitrogens with zero attached hydrogens (tertiary/aromatic N) is 1. The van der Waals surface area contributed by atoms with E-state index >= 15 is 0 Å². The molecule has 0 bridgehead atoms. The third-order valence-electron chi connectivity index (χ3n) is 3.21. The molecule has 0 aromatic carbocycles. The van der Waals surface area contributed by atoms with Gasteiger partial charge in [0.05, 0.1) is 5.75 Å². The molecule has 1 unspecified atom stereocenters. The summed E-state index contributed by atoms with van der Waals surface area (Å²) in [6.07, 6.45) is 0.583. The Balaban J connectivity index is 2.81. The van der Waals surface area contributed by atoms with Gasteiger partial charge < -0.3 is 10.6 Å². The molecule has 112 valence electrons. The van der Waals surface area contributed by atoms with Gasteiger partial charge in [0.2, 0.25) is 15.9 Å². The van der Waals surface area contributed by atoms with Crippen LogP contribution in [0.2, 0.25) is 0 Å². The number of hydrogen-bond acceptors (Lipinski definition) is 4. The van der Waals surface area contributed by atoms with Gasteiger partial charge in [-0.15, -0.1) is 0 Å². The van der Waals surface area contributed by atoms with E-state index in [2.05, 4.69) is 10.6 Å². The second-order valence-corrected chi connectivity index (χ2v) is 8.11. The molecule has 6 nitrogen and oxygen atoms in total. The summed E-state index contributed by atoms with van der Waals surface area (Å²) in [5, 5.41) is 5.58. The molecule has 1 aliphatic heterocycles. The van der Waals surface area contributed by atoms with E-state index in [-0.39, 0.29) is 17.1 Å². The Bertz CT molecular complexity index is 414. The highest BCUT2D eigenvalue weighted by Gasteiger charge is 2.36. The molecule has 1 aliphatic rings. The van der Waals surface area contributed by atoms with Crippen LogP contribution in [-0.4, -0.2) is 57.1 Å². The average molecular weight is 291 g/mol. The molecule has 7 heteroatoms. The van der Waals surface area contributed by atoms with E-state index in [1.807, 2.05) is 20.8 Å². The van der Waals surface area contributed by atoms with Crippen molar-refractivity contribution in [3.05, 3.63) is 0 Å². The van der Waals surface area contributed by atoms with E-state index in [4.69, 9.17) is 0 Å². The zero-order valence-corrected chi connectivity index (χ0v) is 13.0. The normalized spacial score (nSPS) is 22.2. The van der Waals surface area contributed by atoms with Crippen LogP contribution in [0.5, 0.6) is 0 Å². The van der Waals surface area contributed by atoms with Gasteiger partial charge in [0.25, 0.3) is 0 Å². The number of amides is 1. The summed E-state index contributed by atoms with van der Waals surface area (Å²) in [6, 6.07) is -0.635. The van der Waals surface area contributed by atoms with Crippen LogP contribution in [0.15, 0.2) is 0 Å². The lowest BCUT2D eigenvalue weighted by atomic mass is 9.94. The first-order valence-corrected chi connectivity index (χ1v) is 8.20. The minimum absolute atomic E-state index is 0.0381. The molecular formula is C12H25N3O3S. The maximum atomic E-state index is 12.4. The molecule has 1 atom stereocenters. The fraction of sp³-hybridized carbons (Fsp3) is 0.917. The van der Waals surface area contributed by atoms with Gasteiger partial charge >= 0.3 is 0 Å². The van der Waals surface area contributed by atoms with Gasteiger partial charge in [-0.25, -0.2) is 8.42 Å². The highest BCUT2D eigenvalue weighted by atomic mass is 32.2. The van der Waals surface area contributed by atoms with Crippen LogP contribution in [0.3, 0.4) is 0 Å². The molecule has 1 fully saturated rings. The first-order chi connectivity index (χ1) is 8.67. The van der Waals surface area contributed by atoms with Gasteiger partial charge in [-0.1, -0.05) is 20.8 Å². The molecule has 0 radical (unpaired) electrons. The minimum Gasteiger partial charge on any atom is -0.358 e. The third kappa shape index (κ3) is 4.74. The molecule has 0 spiro atoms. The predicted molar refractivity (Wildman–Crippen MR) is 75.3 cm³/mol. The fourth-order valence-electron chi connectivity index (χ4n) is 1.96. The molecule has 1 rings (SSSR count). The van der Waals surface area contributed by atoms with E-state index in [1.54, 1.807) is 0 Å². The summed E-state index contributed by atoms with van der Waals surface area (Å²) in [7, 11) is -1.86. The van der Waals surface area contributed by atoms with Crippen molar-refractivity contribution in [1.29, 1.82) is 0 Å². The molecule has 1 saturated heterocycles. The zero-order valence-electron chi connectivity index (χ0n) is 12.2. The Labute approximate surface area is 116 Å². The largest absolute Gasteiger partial charge is 0.358 e. The van der Waals surface area contributed by atoms with E-state index in [1.165, 1.54) is 11.4 Å². The summed E-state index contributed by atoms with van der Waals surface area (Å²) >= 11 is 0.